The van der Waals surface area contributed by atoms with Gasteiger partial charge in [-0.25, -0.2) is 0 Å². The number of halogens is 1. The molecule has 0 radical (unpaired) electrons. The van der Waals surface area contributed by atoms with Gasteiger partial charge in [-0.05, 0) is 47.4 Å². The molecule has 17 heavy (non-hydrogen) atoms. The number of hydrogen-bond donors (Lipinski definition) is 1. The largest absolute Gasteiger partial charge is 0.309 e. The van der Waals surface area contributed by atoms with E-state index in [4.69, 9.17) is 0 Å². The molecule has 1 aromatic carbocycles. The first-order valence-corrected chi connectivity index (χ1v) is 7.44. The Balaban J connectivity index is 1.79. The minimum absolute atomic E-state index is 0.426. The molecule has 1 unspecified atom stereocenters. The molecular weight excluding hydrogens is 294 g/mol. The van der Waals surface area contributed by atoms with Crippen molar-refractivity contribution in [2.24, 2.45) is 0 Å². The molecule has 0 saturated heterocycles. The Kier molecular flexibility index (Phi) is 4.77. The Labute approximate surface area is 115 Å². The molecule has 0 aliphatic carbocycles. The summed E-state index contributed by atoms with van der Waals surface area (Å²) in [5, 5.41) is 5.68. The van der Waals surface area contributed by atoms with Crippen LogP contribution in [0.5, 0.6) is 0 Å². The topological polar surface area (TPSA) is 12.0 Å². The van der Waals surface area contributed by atoms with Crippen LogP contribution in [-0.2, 0) is 6.42 Å². The van der Waals surface area contributed by atoms with E-state index >= 15 is 0 Å². The lowest BCUT2D eigenvalue weighted by atomic mass is 10.1. The Morgan fingerprint density at radius 2 is 2.06 bits per heavy atom. The smallest absolute Gasteiger partial charge is 0.0386 e. The summed E-state index contributed by atoms with van der Waals surface area (Å²) >= 11 is 5.28. The molecule has 1 nitrogen and oxygen atoms in total. The second kappa shape index (κ2) is 6.34. The second-order valence-corrected chi connectivity index (χ2v) is 5.94. The molecule has 1 atom stereocenters. The summed E-state index contributed by atoms with van der Waals surface area (Å²) in [6.07, 6.45) is 1.08. The lowest BCUT2D eigenvalue weighted by molar-refractivity contribution is 0.584. The molecule has 0 saturated carbocycles. The third-order valence-electron chi connectivity index (χ3n) is 2.72. The molecule has 90 valence electrons. The highest BCUT2D eigenvalue weighted by atomic mass is 79.9. The van der Waals surface area contributed by atoms with Gasteiger partial charge in [-0.3, -0.25) is 0 Å². The van der Waals surface area contributed by atoms with Crippen LogP contribution in [0, 0.1) is 0 Å². The fraction of sp³-hybridized carbons (Fsp3) is 0.286. The maximum Gasteiger partial charge on any atom is 0.0386 e. The van der Waals surface area contributed by atoms with Gasteiger partial charge in [-0.1, -0.05) is 30.3 Å². The first-order chi connectivity index (χ1) is 8.25. The van der Waals surface area contributed by atoms with Gasteiger partial charge in [0.15, 0.2) is 0 Å². The normalized spacial score (nSPS) is 12.6. The number of thiophene rings is 1. The zero-order valence-corrected chi connectivity index (χ0v) is 12.2. The highest BCUT2D eigenvalue weighted by molar-refractivity contribution is 9.10. The monoisotopic (exact) mass is 309 g/mol. The van der Waals surface area contributed by atoms with E-state index in [1.807, 2.05) is 0 Å². The fourth-order valence-electron chi connectivity index (χ4n) is 1.73. The Morgan fingerprint density at radius 1 is 1.29 bits per heavy atom. The van der Waals surface area contributed by atoms with Crippen molar-refractivity contribution in [2.75, 3.05) is 6.54 Å². The van der Waals surface area contributed by atoms with Crippen molar-refractivity contribution >= 4 is 27.3 Å². The second-order valence-electron chi connectivity index (χ2n) is 4.08. The standard InChI is InChI=1S/C14H16BrNS/c1-11(14-9-13(15)10-17-14)16-8-7-12-5-3-2-4-6-12/h2-6,9-11,16H,7-8H2,1H3. The van der Waals surface area contributed by atoms with Crippen LogP contribution in [0.4, 0.5) is 0 Å². The van der Waals surface area contributed by atoms with Gasteiger partial charge < -0.3 is 5.32 Å². The van der Waals surface area contributed by atoms with E-state index in [2.05, 4.69) is 69.9 Å². The van der Waals surface area contributed by atoms with Gasteiger partial charge in [0, 0.05) is 20.8 Å². The van der Waals surface area contributed by atoms with Crippen molar-refractivity contribution in [3.05, 3.63) is 56.7 Å². The molecule has 3 heteroatoms. The van der Waals surface area contributed by atoms with Crippen LogP contribution in [-0.4, -0.2) is 6.54 Å². The zero-order valence-electron chi connectivity index (χ0n) is 9.82. The van der Waals surface area contributed by atoms with Crippen molar-refractivity contribution < 1.29 is 0 Å². The van der Waals surface area contributed by atoms with Crippen molar-refractivity contribution in [2.45, 2.75) is 19.4 Å². The van der Waals surface area contributed by atoms with Crippen LogP contribution in [0.15, 0.2) is 46.3 Å². The lowest BCUT2D eigenvalue weighted by Gasteiger charge is -2.11. The summed E-state index contributed by atoms with van der Waals surface area (Å²) in [5.74, 6) is 0. The predicted molar refractivity (Wildman–Crippen MR) is 78.6 cm³/mol. The van der Waals surface area contributed by atoms with E-state index in [9.17, 15) is 0 Å². The summed E-state index contributed by atoms with van der Waals surface area (Å²) < 4.78 is 1.18. The third kappa shape index (κ3) is 3.95. The van der Waals surface area contributed by atoms with Gasteiger partial charge in [0.1, 0.15) is 0 Å². The molecule has 0 aliphatic heterocycles. The van der Waals surface area contributed by atoms with Crippen LogP contribution in [0.3, 0.4) is 0 Å². The first kappa shape index (κ1) is 12.8. The number of nitrogens with one attached hydrogen (secondary N) is 1. The fourth-order valence-corrected chi connectivity index (χ4v) is 3.21. The molecule has 0 amide bonds. The van der Waals surface area contributed by atoms with Crippen molar-refractivity contribution in [1.29, 1.82) is 0 Å². The number of benzene rings is 1. The number of rotatable bonds is 5. The minimum Gasteiger partial charge on any atom is -0.309 e. The minimum atomic E-state index is 0.426. The molecule has 1 aromatic heterocycles. The molecule has 1 heterocycles. The van der Waals surface area contributed by atoms with Crippen molar-refractivity contribution in [1.82, 2.24) is 5.32 Å². The first-order valence-electron chi connectivity index (χ1n) is 5.77. The van der Waals surface area contributed by atoms with Crippen LogP contribution >= 0.6 is 27.3 Å². The van der Waals surface area contributed by atoms with E-state index < -0.39 is 0 Å². The molecular formula is C14H16BrNS. The van der Waals surface area contributed by atoms with Crippen molar-refractivity contribution in [3.63, 3.8) is 0 Å². The van der Waals surface area contributed by atoms with E-state index in [1.54, 1.807) is 11.3 Å². The molecule has 0 spiro atoms. The molecule has 0 aliphatic rings. The Hall–Kier alpha value is -0.640. The maximum absolute atomic E-state index is 3.55. The maximum atomic E-state index is 3.55. The summed E-state index contributed by atoms with van der Waals surface area (Å²) in [7, 11) is 0. The van der Waals surface area contributed by atoms with Gasteiger partial charge in [-0.15, -0.1) is 11.3 Å². The highest BCUT2D eigenvalue weighted by Gasteiger charge is 2.06. The van der Waals surface area contributed by atoms with Gasteiger partial charge in [0.2, 0.25) is 0 Å². The van der Waals surface area contributed by atoms with Gasteiger partial charge in [-0.2, -0.15) is 0 Å². The Bertz CT molecular complexity index is 452. The van der Waals surface area contributed by atoms with Crippen molar-refractivity contribution in [3.8, 4) is 0 Å². The van der Waals surface area contributed by atoms with E-state index in [0.717, 1.165) is 13.0 Å². The number of hydrogen-bond acceptors (Lipinski definition) is 2. The van der Waals surface area contributed by atoms with Crippen LogP contribution in [0.1, 0.15) is 23.4 Å². The third-order valence-corrected chi connectivity index (χ3v) is 4.60. The van der Waals surface area contributed by atoms with Crippen LogP contribution in [0.2, 0.25) is 0 Å². The summed E-state index contributed by atoms with van der Waals surface area (Å²) in [4.78, 5) is 1.38. The molecule has 0 fully saturated rings. The molecule has 2 aromatic rings. The SMILES string of the molecule is CC(NCCc1ccccc1)c1cc(Br)cs1. The summed E-state index contributed by atoms with van der Waals surface area (Å²) in [5.41, 5.74) is 1.39. The molecule has 1 N–H and O–H groups in total. The van der Waals surface area contributed by atoms with E-state index in [0.29, 0.717) is 6.04 Å². The van der Waals surface area contributed by atoms with E-state index in [1.165, 1.54) is 14.9 Å². The predicted octanol–water partition coefficient (Wildman–Crippen LogP) is 4.40. The zero-order chi connectivity index (χ0) is 12.1. The molecule has 2 rings (SSSR count). The average molecular weight is 310 g/mol. The summed E-state index contributed by atoms with van der Waals surface area (Å²) in [6, 6.07) is 13.2. The van der Waals surface area contributed by atoms with E-state index in [-0.39, 0.29) is 0 Å². The highest BCUT2D eigenvalue weighted by Crippen LogP contribution is 2.25. The average Bonchev–Trinajstić information content (AvgIpc) is 2.77. The van der Waals surface area contributed by atoms with Gasteiger partial charge in [0.05, 0.1) is 0 Å². The Morgan fingerprint density at radius 3 is 2.71 bits per heavy atom. The van der Waals surface area contributed by atoms with Crippen LogP contribution in [0.25, 0.3) is 0 Å². The van der Waals surface area contributed by atoms with Crippen LogP contribution < -0.4 is 5.32 Å². The van der Waals surface area contributed by atoms with Gasteiger partial charge >= 0.3 is 0 Å². The lowest BCUT2D eigenvalue weighted by Crippen LogP contribution is -2.20. The van der Waals surface area contributed by atoms with Gasteiger partial charge in [0.25, 0.3) is 0 Å². The summed E-state index contributed by atoms with van der Waals surface area (Å²) in [6.45, 7) is 3.23. The quantitative estimate of drug-likeness (QED) is 0.863. The molecule has 0 bridgehead atoms.